The van der Waals surface area contributed by atoms with Gasteiger partial charge in [-0.3, -0.25) is 4.79 Å². The molecule has 0 saturated heterocycles. The minimum absolute atomic E-state index is 0.175. The molecule has 0 bridgehead atoms. The summed E-state index contributed by atoms with van der Waals surface area (Å²) >= 11 is 0. The molecule has 1 aromatic carbocycles. The highest BCUT2D eigenvalue weighted by atomic mass is 16.2. The molecular weight excluding hydrogens is 194 g/mol. The van der Waals surface area contributed by atoms with Gasteiger partial charge >= 0.3 is 6.03 Å². The Bertz CT molecular complexity index is 377. The Balaban J connectivity index is 2.82. The standard InChI is InChI=1S/C10H13N3O2/c1-2-12-9(14)7-4-3-5-8(6-7)13-10(11)15/h3-6H,2H2,1H3,(H,12,14)(H3,11,13,15). The second kappa shape index (κ2) is 4.99. The Morgan fingerprint density at radius 3 is 2.73 bits per heavy atom. The van der Waals surface area contributed by atoms with Crippen LogP contribution in [-0.4, -0.2) is 18.5 Å². The van der Waals surface area contributed by atoms with Gasteiger partial charge in [0.15, 0.2) is 0 Å². The first-order valence-electron chi connectivity index (χ1n) is 4.58. The summed E-state index contributed by atoms with van der Waals surface area (Å²) in [6, 6.07) is 5.92. The molecule has 0 aliphatic rings. The summed E-state index contributed by atoms with van der Waals surface area (Å²) in [5, 5.41) is 5.06. The van der Waals surface area contributed by atoms with E-state index in [1.807, 2.05) is 6.92 Å². The SMILES string of the molecule is CCNC(=O)c1cccc(NC(N)=O)c1. The van der Waals surface area contributed by atoms with E-state index >= 15 is 0 Å². The van der Waals surface area contributed by atoms with Crippen LogP contribution in [0, 0.1) is 0 Å². The number of benzene rings is 1. The van der Waals surface area contributed by atoms with Crippen molar-refractivity contribution in [1.29, 1.82) is 0 Å². The van der Waals surface area contributed by atoms with Crippen LogP contribution in [0.25, 0.3) is 0 Å². The molecule has 5 heteroatoms. The minimum atomic E-state index is -0.650. The number of hydrogen-bond acceptors (Lipinski definition) is 2. The molecule has 0 unspecified atom stereocenters. The van der Waals surface area contributed by atoms with Gasteiger partial charge in [0.1, 0.15) is 0 Å². The van der Waals surface area contributed by atoms with Crippen molar-refractivity contribution < 1.29 is 9.59 Å². The number of carbonyl (C=O) groups excluding carboxylic acids is 2. The predicted octanol–water partition coefficient (Wildman–Crippen LogP) is 0.927. The second-order valence-electron chi connectivity index (χ2n) is 2.93. The molecule has 80 valence electrons. The number of nitrogens with one attached hydrogen (secondary N) is 2. The van der Waals surface area contributed by atoms with Gasteiger partial charge in [-0.25, -0.2) is 4.79 Å². The zero-order valence-electron chi connectivity index (χ0n) is 8.41. The van der Waals surface area contributed by atoms with E-state index in [1.165, 1.54) is 0 Å². The summed E-state index contributed by atoms with van der Waals surface area (Å²) in [6.07, 6.45) is 0. The number of anilines is 1. The van der Waals surface area contributed by atoms with Gasteiger partial charge in [-0.1, -0.05) is 6.07 Å². The maximum atomic E-state index is 11.4. The van der Waals surface area contributed by atoms with E-state index < -0.39 is 6.03 Å². The van der Waals surface area contributed by atoms with Crippen molar-refractivity contribution in [3.8, 4) is 0 Å². The normalized spacial score (nSPS) is 9.40. The van der Waals surface area contributed by atoms with Crippen LogP contribution < -0.4 is 16.4 Å². The predicted molar refractivity (Wildman–Crippen MR) is 57.7 cm³/mol. The molecule has 5 nitrogen and oxygen atoms in total. The number of nitrogens with two attached hydrogens (primary N) is 1. The molecule has 0 heterocycles. The lowest BCUT2D eigenvalue weighted by atomic mass is 10.2. The molecule has 0 radical (unpaired) electrons. The lowest BCUT2D eigenvalue weighted by Gasteiger charge is -2.05. The molecule has 0 atom stereocenters. The van der Waals surface area contributed by atoms with Crippen molar-refractivity contribution in [1.82, 2.24) is 5.32 Å². The summed E-state index contributed by atoms with van der Waals surface area (Å²) in [7, 11) is 0. The zero-order valence-corrected chi connectivity index (χ0v) is 8.41. The van der Waals surface area contributed by atoms with Crippen molar-refractivity contribution in [3.05, 3.63) is 29.8 Å². The molecule has 0 aliphatic heterocycles. The fourth-order valence-corrected chi connectivity index (χ4v) is 1.14. The molecule has 0 fully saturated rings. The van der Waals surface area contributed by atoms with E-state index in [0.717, 1.165) is 0 Å². The molecule has 0 spiro atoms. The van der Waals surface area contributed by atoms with Gasteiger partial charge in [-0.2, -0.15) is 0 Å². The van der Waals surface area contributed by atoms with E-state index in [0.29, 0.717) is 17.8 Å². The van der Waals surface area contributed by atoms with Crippen molar-refractivity contribution >= 4 is 17.6 Å². The van der Waals surface area contributed by atoms with Crippen LogP contribution in [0.4, 0.5) is 10.5 Å². The number of amides is 3. The first kappa shape index (κ1) is 11.0. The third-order valence-corrected chi connectivity index (χ3v) is 1.73. The highest BCUT2D eigenvalue weighted by Crippen LogP contribution is 2.09. The maximum Gasteiger partial charge on any atom is 0.316 e. The van der Waals surface area contributed by atoms with Crippen LogP contribution in [-0.2, 0) is 0 Å². The van der Waals surface area contributed by atoms with Gasteiger partial charge in [-0.05, 0) is 25.1 Å². The Morgan fingerprint density at radius 2 is 2.13 bits per heavy atom. The third-order valence-electron chi connectivity index (χ3n) is 1.73. The average Bonchev–Trinajstić information content (AvgIpc) is 2.17. The third kappa shape index (κ3) is 3.30. The Morgan fingerprint density at radius 1 is 1.40 bits per heavy atom. The molecule has 1 rings (SSSR count). The fourth-order valence-electron chi connectivity index (χ4n) is 1.14. The van der Waals surface area contributed by atoms with Crippen LogP contribution in [0.5, 0.6) is 0 Å². The number of hydrogen-bond donors (Lipinski definition) is 3. The first-order chi connectivity index (χ1) is 7.13. The van der Waals surface area contributed by atoms with Gasteiger partial charge in [-0.15, -0.1) is 0 Å². The molecule has 0 aromatic heterocycles. The topological polar surface area (TPSA) is 84.2 Å². The quantitative estimate of drug-likeness (QED) is 0.688. The van der Waals surface area contributed by atoms with Crippen molar-refractivity contribution in [2.75, 3.05) is 11.9 Å². The minimum Gasteiger partial charge on any atom is -0.352 e. The monoisotopic (exact) mass is 207 g/mol. The van der Waals surface area contributed by atoms with E-state index in [-0.39, 0.29) is 5.91 Å². The summed E-state index contributed by atoms with van der Waals surface area (Å²) in [5.74, 6) is -0.175. The zero-order chi connectivity index (χ0) is 11.3. The second-order valence-corrected chi connectivity index (χ2v) is 2.93. The molecule has 0 aliphatic carbocycles. The Hall–Kier alpha value is -2.04. The van der Waals surface area contributed by atoms with Gasteiger partial charge in [0.05, 0.1) is 0 Å². The highest BCUT2D eigenvalue weighted by molar-refractivity contribution is 5.96. The number of carbonyl (C=O) groups is 2. The smallest absolute Gasteiger partial charge is 0.316 e. The van der Waals surface area contributed by atoms with Crippen LogP contribution in [0.1, 0.15) is 17.3 Å². The lowest BCUT2D eigenvalue weighted by molar-refractivity contribution is 0.0956. The maximum absolute atomic E-state index is 11.4. The molecule has 3 amide bonds. The molecule has 15 heavy (non-hydrogen) atoms. The number of rotatable bonds is 3. The van der Waals surface area contributed by atoms with Crippen molar-refractivity contribution in [3.63, 3.8) is 0 Å². The van der Waals surface area contributed by atoms with Gasteiger partial charge in [0.25, 0.3) is 5.91 Å². The molecule has 1 aromatic rings. The van der Waals surface area contributed by atoms with Gasteiger partial charge < -0.3 is 16.4 Å². The van der Waals surface area contributed by atoms with Crippen molar-refractivity contribution in [2.24, 2.45) is 5.73 Å². The average molecular weight is 207 g/mol. The molecule has 4 N–H and O–H groups in total. The van der Waals surface area contributed by atoms with Gasteiger partial charge in [0, 0.05) is 17.8 Å². The number of primary amides is 1. The van der Waals surface area contributed by atoms with Gasteiger partial charge in [0.2, 0.25) is 0 Å². The summed E-state index contributed by atoms with van der Waals surface area (Å²) in [4.78, 5) is 22.0. The summed E-state index contributed by atoms with van der Waals surface area (Å²) < 4.78 is 0. The van der Waals surface area contributed by atoms with E-state index in [9.17, 15) is 9.59 Å². The largest absolute Gasteiger partial charge is 0.352 e. The van der Waals surface area contributed by atoms with Crippen LogP contribution in [0.15, 0.2) is 24.3 Å². The van der Waals surface area contributed by atoms with Crippen molar-refractivity contribution in [2.45, 2.75) is 6.92 Å². The van der Waals surface area contributed by atoms with Crippen LogP contribution >= 0.6 is 0 Å². The lowest BCUT2D eigenvalue weighted by Crippen LogP contribution is -2.23. The highest BCUT2D eigenvalue weighted by Gasteiger charge is 2.04. The Labute approximate surface area is 87.7 Å². The summed E-state index contributed by atoms with van der Waals surface area (Å²) in [5.41, 5.74) is 5.95. The summed E-state index contributed by atoms with van der Waals surface area (Å²) in [6.45, 7) is 2.40. The van der Waals surface area contributed by atoms with Crippen LogP contribution in [0.3, 0.4) is 0 Å². The fraction of sp³-hybridized carbons (Fsp3) is 0.200. The van der Waals surface area contributed by atoms with E-state index in [2.05, 4.69) is 10.6 Å². The molecule has 0 saturated carbocycles. The number of urea groups is 1. The van der Waals surface area contributed by atoms with Crippen LogP contribution in [0.2, 0.25) is 0 Å². The first-order valence-corrected chi connectivity index (χ1v) is 4.58. The van der Waals surface area contributed by atoms with E-state index in [4.69, 9.17) is 5.73 Å². The Kier molecular flexibility index (Phi) is 3.68. The molecular formula is C10H13N3O2. The van der Waals surface area contributed by atoms with E-state index in [1.54, 1.807) is 24.3 Å².